The number of ether oxygens (including phenoxy) is 1. The van der Waals surface area contributed by atoms with Crippen molar-refractivity contribution in [1.82, 2.24) is 14.9 Å². The molecular weight excluding hydrogens is 382 g/mol. The lowest BCUT2D eigenvalue weighted by molar-refractivity contribution is -0.113. The Balaban J connectivity index is 1.60. The highest BCUT2D eigenvalue weighted by Crippen LogP contribution is 2.23. The first kappa shape index (κ1) is 19.2. The van der Waals surface area contributed by atoms with Gasteiger partial charge >= 0.3 is 5.97 Å². The van der Waals surface area contributed by atoms with Crippen molar-refractivity contribution in [1.29, 1.82) is 0 Å². The van der Waals surface area contributed by atoms with Gasteiger partial charge in [-0.1, -0.05) is 11.8 Å². The molecule has 0 unspecified atom stereocenters. The van der Waals surface area contributed by atoms with Crippen molar-refractivity contribution < 1.29 is 19.4 Å². The molecule has 144 valence electrons. The normalized spacial score (nSPS) is 10.5. The van der Waals surface area contributed by atoms with E-state index in [4.69, 9.17) is 15.7 Å². The summed E-state index contributed by atoms with van der Waals surface area (Å²) in [6, 6.07) is 13.1. The molecular formula is C18H17N5O4S. The third-order valence-electron chi connectivity index (χ3n) is 3.76. The third kappa shape index (κ3) is 4.41. The second-order valence-corrected chi connectivity index (χ2v) is 6.57. The van der Waals surface area contributed by atoms with Crippen molar-refractivity contribution in [3.63, 3.8) is 0 Å². The van der Waals surface area contributed by atoms with Gasteiger partial charge in [-0.15, -0.1) is 10.2 Å². The molecule has 2 aromatic carbocycles. The Morgan fingerprint density at radius 1 is 1.14 bits per heavy atom. The fourth-order valence-electron chi connectivity index (χ4n) is 2.34. The maximum Gasteiger partial charge on any atom is 0.335 e. The topological polar surface area (TPSA) is 132 Å². The minimum Gasteiger partial charge on any atom is -0.497 e. The number of nitrogens with two attached hydrogens (primary N) is 1. The van der Waals surface area contributed by atoms with Crippen LogP contribution in [-0.2, 0) is 4.79 Å². The van der Waals surface area contributed by atoms with E-state index in [1.807, 2.05) is 12.1 Å². The number of nitrogens with one attached hydrogen (secondary N) is 1. The highest BCUT2D eigenvalue weighted by molar-refractivity contribution is 7.99. The molecule has 3 aromatic rings. The zero-order valence-electron chi connectivity index (χ0n) is 14.8. The Morgan fingerprint density at radius 2 is 1.82 bits per heavy atom. The van der Waals surface area contributed by atoms with E-state index in [-0.39, 0.29) is 17.2 Å². The Hall–Kier alpha value is -3.53. The summed E-state index contributed by atoms with van der Waals surface area (Å²) in [5.41, 5.74) is 1.42. The van der Waals surface area contributed by atoms with Gasteiger partial charge in [-0.2, -0.15) is 0 Å². The first-order valence-corrected chi connectivity index (χ1v) is 9.07. The number of aromatic carboxylic acids is 1. The molecule has 10 heteroatoms. The van der Waals surface area contributed by atoms with Crippen LogP contribution in [0.4, 0.5) is 5.69 Å². The predicted octanol–water partition coefficient (Wildman–Crippen LogP) is 2.10. The molecule has 3 rings (SSSR count). The van der Waals surface area contributed by atoms with E-state index >= 15 is 0 Å². The Labute approximate surface area is 164 Å². The van der Waals surface area contributed by atoms with Crippen molar-refractivity contribution in [2.45, 2.75) is 5.16 Å². The number of carbonyl (C=O) groups is 2. The van der Waals surface area contributed by atoms with Crippen molar-refractivity contribution in [2.24, 2.45) is 0 Å². The molecule has 1 amide bonds. The van der Waals surface area contributed by atoms with Crippen molar-refractivity contribution in [3.05, 3.63) is 54.1 Å². The average Bonchev–Trinajstić information content (AvgIpc) is 3.07. The van der Waals surface area contributed by atoms with Crippen LogP contribution in [0, 0.1) is 0 Å². The van der Waals surface area contributed by atoms with E-state index in [2.05, 4.69) is 15.5 Å². The average molecular weight is 399 g/mol. The van der Waals surface area contributed by atoms with Crippen LogP contribution in [0.15, 0.2) is 53.7 Å². The minimum absolute atomic E-state index is 0.0681. The number of nitrogen functional groups attached to an aromatic ring is 1. The summed E-state index contributed by atoms with van der Waals surface area (Å²) in [5, 5.41) is 20.0. The van der Waals surface area contributed by atoms with Gasteiger partial charge in [0.15, 0.2) is 5.82 Å². The lowest BCUT2D eigenvalue weighted by atomic mass is 10.2. The number of hydrogen-bond donors (Lipinski definition) is 3. The Kier molecular flexibility index (Phi) is 5.80. The van der Waals surface area contributed by atoms with Gasteiger partial charge in [-0.3, -0.25) is 4.79 Å². The quantitative estimate of drug-likeness (QED) is 0.406. The Morgan fingerprint density at radius 3 is 2.43 bits per heavy atom. The van der Waals surface area contributed by atoms with Gasteiger partial charge in [-0.05, 0) is 48.5 Å². The highest BCUT2D eigenvalue weighted by atomic mass is 32.2. The molecule has 28 heavy (non-hydrogen) atoms. The zero-order chi connectivity index (χ0) is 20.1. The van der Waals surface area contributed by atoms with Crippen molar-refractivity contribution >= 4 is 29.3 Å². The number of amides is 1. The van der Waals surface area contributed by atoms with Crippen molar-refractivity contribution in [3.8, 4) is 17.1 Å². The summed E-state index contributed by atoms with van der Waals surface area (Å²) in [6.45, 7) is 0. The van der Waals surface area contributed by atoms with Gasteiger partial charge in [-0.25, -0.2) is 9.47 Å². The SMILES string of the molecule is COc1ccc(-c2nnc(SCC(=O)Nc3ccc(C(=O)O)cc3)n2N)cc1. The molecule has 9 nitrogen and oxygen atoms in total. The number of carboxylic acid groups (broad SMARTS) is 1. The number of aromatic nitrogens is 3. The monoisotopic (exact) mass is 399 g/mol. The Bertz CT molecular complexity index is 986. The summed E-state index contributed by atoms with van der Waals surface area (Å²) in [4.78, 5) is 22.9. The summed E-state index contributed by atoms with van der Waals surface area (Å²) >= 11 is 1.14. The largest absolute Gasteiger partial charge is 0.497 e. The molecule has 0 spiro atoms. The van der Waals surface area contributed by atoms with Gasteiger partial charge in [0.05, 0.1) is 18.4 Å². The number of anilines is 1. The number of nitrogens with zero attached hydrogens (tertiary/aromatic N) is 3. The smallest absolute Gasteiger partial charge is 0.335 e. The molecule has 1 heterocycles. The van der Waals surface area contributed by atoms with Gasteiger partial charge in [0.2, 0.25) is 11.1 Å². The maximum absolute atomic E-state index is 12.1. The van der Waals surface area contributed by atoms with E-state index in [1.54, 1.807) is 19.2 Å². The van der Waals surface area contributed by atoms with Crippen LogP contribution in [0.1, 0.15) is 10.4 Å². The lowest BCUT2D eigenvalue weighted by Crippen LogP contribution is -2.16. The molecule has 0 aliphatic heterocycles. The van der Waals surface area contributed by atoms with Crippen molar-refractivity contribution in [2.75, 3.05) is 24.0 Å². The predicted molar refractivity (Wildman–Crippen MR) is 105 cm³/mol. The molecule has 0 saturated carbocycles. The van der Waals surface area contributed by atoms with Gasteiger partial charge < -0.3 is 21.0 Å². The first-order valence-electron chi connectivity index (χ1n) is 8.09. The fraction of sp³-hybridized carbons (Fsp3) is 0.111. The van der Waals surface area contributed by atoms with Crippen LogP contribution in [0.5, 0.6) is 5.75 Å². The molecule has 0 aliphatic carbocycles. The van der Waals surface area contributed by atoms with Gasteiger partial charge in [0, 0.05) is 11.3 Å². The number of rotatable bonds is 7. The molecule has 1 aromatic heterocycles. The second-order valence-electron chi connectivity index (χ2n) is 5.62. The second kappa shape index (κ2) is 8.44. The molecule has 0 atom stereocenters. The number of thioether (sulfide) groups is 1. The van der Waals surface area contributed by atoms with Crippen LogP contribution < -0.4 is 15.9 Å². The summed E-state index contributed by atoms with van der Waals surface area (Å²) in [6.07, 6.45) is 0. The lowest BCUT2D eigenvalue weighted by Gasteiger charge is -2.06. The van der Waals surface area contributed by atoms with E-state index in [9.17, 15) is 9.59 Å². The van der Waals surface area contributed by atoms with Crippen LogP contribution in [0.2, 0.25) is 0 Å². The van der Waals surface area contributed by atoms with E-state index in [0.717, 1.165) is 23.1 Å². The molecule has 0 radical (unpaired) electrons. The van der Waals surface area contributed by atoms with E-state index in [0.29, 0.717) is 16.7 Å². The summed E-state index contributed by atoms with van der Waals surface area (Å²) in [7, 11) is 1.58. The van der Waals surface area contributed by atoms with Crippen LogP contribution in [0.25, 0.3) is 11.4 Å². The van der Waals surface area contributed by atoms with Gasteiger partial charge in [0.25, 0.3) is 0 Å². The van der Waals surface area contributed by atoms with Crippen LogP contribution in [-0.4, -0.2) is 44.7 Å². The standard InChI is InChI=1S/C18H17N5O4S/c1-27-14-8-4-11(5-9-14)16-21-22-18(23(16)19)28-10-15(24)20-13-6-2-12(3-7-13)17(25)26/h2-9H,10,19H2,1H3,(H,20,24)(H,25,26). The number of benzene rings is 2. The minimum atomic E-state index is -1.02. The molecule has 0 aliphatic rings. The highest BCUT2D eigenvalue weighted by Gasteiger charge is 2.14. The summed E-state index contributed by atoms with van der Waals surface area (Å²) in [5.74, 6) is 5.99. The molecule has 0 saturated heterocycles. The zero-order valence-corrected chi connectivity index (χ0v) is 15.6. The number of hydrogen-bond acceptors (Lipinski definition) is 7. The number of methoxy groups -OCH3 is 1. The van der Waals surface area contributed by atoms with Gasteiger partial charge in [0.1, 0.15) is 5.75 Å². The van der Waals surface area contributed by atoms with Crippen LogP contribution >= 0.6 is 11.8 Å². The maximum atomic E-state index is 12.1. The fourth-order valence-corrected chi connectivity index (χ4v) is 2.99. The first-order chi connectivity index (χ1) is 13.5. The summed E-state index contributed by atoms with van der Waals surface area (Å²) < 4.78 is 6.44. The van der Waals surface area contributed by atoms with E-state index in [1.165, 1.54) is 28.9 Å². The third-order valence-corrected chi connectivity index (χ3v) is 4.70. The number of carbonyl (C=O) groups excluding carboxylic acids is 1. The molecule has 0 fully saturated rings. The molecule has 0 bridgehead atoms. The number of carboxylic acids is 1. The van der Waals surface area contributed by atoms with E-state index < -0.39 is 5.97 Å². The molecule has 4 N–H and O–H groups in total. The van der Waals surface area contributed by atoms with Crippen LogP contribution in [0.3, 0.4) is 0 Å².